The summed E-state index contributed by atoms with van der Waals surface area (Å²) < 4.78 is 48.4. The van der Waals surface area contributed by atoms with E-state index < -0.39 is 41.2 Å². The summed E-state index contributed by atoms with van der Waals surface area (Å²) >= 11 is 0. The summed E-state index contributed by atoms with van der Waals surface area (Å²) in [6.07, 6.45) is -5.16. The van der Waals surface area contributed by atoms with Crippen molar-refractivity contribution in [3.8, 4) is 11.1 Å². The fourth-order valence-electron chi connectivity index (χ4n) is 2.99. The number of methoxy groups -OCH3 is 1. The van der Waals surface area contributed by atoms with Gasteiger partial charge in [0.25, 0.3) is 0 Å². The van der Waals surface area contributed by atoms with E-state index in [1.807, 2.05) is 0 Å². The number of carboxylic acid groups (broad SMARTS) is 1. The predicted molar refractivity (Wildman–Crippen MR) is 115 cm³/mol. The van der Waals surface area contributed by atoms with E-state index in [0.717, 1.165) is 26.3 Å². The molecule has 2 rings (SSSR count). The fourth-order valence-corrected chi connectivity index (χ4v) is 2.99. The van der Waals surface area contributed by atoms with E-state index in [2.05, 4.69) is 4.74 Å². The number of alkyl halides is 3. The highest BCUT2D eigenvalue weighted by Crippen LogP contribution is 2.33. The first kappa shape index (κ1) is 26.4. The lowest BCUT2D eigenvalue weighted by molar-refractivity contribution is -0.170. The zero-order chi connectivity index (χ0) is 26.0. The zero-order valence-electron chi connectivity index (χ0n) is 18.9. The Kier molecular flexibility index (Phi) is 7.40. The number of rotatable bonds is 5. The normalized spacial score (nSPS) is 11.5. The number of carboxylic acids is 1. The maximum absolute atomic E-state index is 12.9. The Balaban J connectivity index is 2.71. The number of hydrogen-bond donors (Lipinski definition) is 1. The second-order valence-electron chi connectivity index (χ2n) is 8.15. The van der Waals surface area contributed by atoms with E-state index >= 15 is 0 Å². The number of carbonyl (C=O) groups is 4. The third kappa shape index (κ3) is 5.91. The van der Waals surface area contributed by atoms with E-state index in [0.29, 0.717) is 0 Å². The van der Waals surface area contributed by atoms with Crippen molar-refractivity contribution in [1.82, 2.24) is 0 Å². The molecule has 0 aliphatic rings. The molecule has 0 spiro atoms. The molecular weight excluding hydrogens is 459 g/mol. The third-order valence-corrected chi connectivity index (χ3v) is 4.52. The summed E-state index contributed by atoms with van der Waals surface area (Å²) in [5.74, 6) is -5.32. The van der Waals surface area contributed by atoms with Crippen LogP contribution in [0.15, 0.2) is 36.4 Å². The van der Waals surface area contributed by atoms with Crippen molar-refractivity contribution in [1.29, 1.82) is 0 Å². The molecule has 8 nitrogen and oxygen atoms in total. The highest BCUT2D eigenvalue weighted by Gasteiger charge is 2.42. The van der Waals surface area contributed by atoms with Crippen molar-refractivity contribution >= 4 is 29.5 Å². The van der Waals surface area contributed by atoms with Gasteiger partial charge < -0.3 is 19.5 Å². The number of amides is 1. The van der Waals surface area contributed by atoms with Crippen LogP contribution in [0.3, 0.4) is 0 Å². The van der Waals surface area contributed by atoms with Crippen LogP contribution < -0.4 is 4.90 Å². The largest absolute Gasteiger partial charge is 0.478 e. The Morgan fingerprint density at radius 2 is 1.44 bits per heavy atom. The molecule has 1 amide bonds. The molecule has 182 valence electrons. The van der Waals surface area contributed by atoms with Gasteiger partial charge in [0.15, 0.2) is 0 Å². The molecule has 1 N–H and O–H groups in total. The number of nitrogens with zero attached hydrogens (tertiary/aromatic N) is 1. The average molecular weight is 481 g/mol. The topological polar surface area (TPSA) is 110 Å². The Hall–Kier alpha value is -3.89. The second kappa shape index (κ2) is 9.54. The highest BCUT2D eigenvalue weighted by molar-refractivity contribution is 6.06. The van der Waals surface area contributed by atoms with Gasteiger partial charge in [-0.15, -0.1) is 0 Å². The SMILES string of the molecule is COC(=O)c1ccc(-c2ccc(N(C)C(=O)C(F)(F)F)cc2C(=O)O)c(C(=O)OC(C)(C)C)c1. The highest BCUT2D eigenvalue weighted by atomic mass is 19.4. The molecule has 0 heterocycles. The first-order valence-corrected chi connectivity index (χ1v) is 9.75. The second-order valence-corrected chi connectivity index (χ2v) is 8.15. The van der Waals surface area contributed by atoms with Gasteiger partial charge >= 0.3 is 30.0 Å². The number of esters is 2. The molecule has 34 heavy (non-hydrogen) atoms. The molecule has 0 saturated heterocycles. The number of halogens is 3. The Morgan fingerprint density at radius 1 is 0.882 bits per heavy atom. The van der Waals surface area contributed by atoms with Crippen LogP contribution in [0.1, 0.15) is 51.8 Å². The van der Waals surface area contributed by atoms with Crippen LogP contribution in [0, 0.1) is 0 Å². The average Bonchev–Trinajstić information content (AvgIpc) is 2.74. The lowest BCUT2D eigenvalue weighted by Crippen LogP contribution is -2.38. The molecule has 0 saturated carbocycles. The molecule has 2 aromatic carbocycles. The lowest BCUT2D eigenvalue weighted by Gasteiger charge is -2.22. The minimum atomic E-state index is -5.16. The zero-order valence-corrected chi connectivity index (χ0v) is 18.9. The van der Waals surface area contributed by atoms with Crippen LogP contribution in [0.4, 0.5) is 18.9 Å². The summed E-state index contributed by atoms with van der Waals surface area (Å²) in [6, 6.07) is 6.94. The molecule has 0 bridgehead atoms. The molecule has 0 aromatic heterocycles. The summed E-state index contributed by atoms with van der Waals surface area (Å²) in [7, 11) is 2.00. The van der Waals surface area contributed by atoms with Gasteiger partial charge in [0.2, 0.25) is 0 Å². The maximum Gasteiger partial charge on any atom is 0.471 e. The van der Waals surface area contributed by atoms with Crippen molar-refractivity contribution in [3.63, 3.8) is 0 Å². The summed E-state index contributed by atoms with van der Waals surface area (Å²) in [5, 5.41) is 9.71. The van der Waals surface area contributed by atoms with Crippen molar-refractivity contribution in [2.24, 2.45) is 0 Å². The standard InChI is InChI=1S/C23H22F3NO7/c1-22(2,3)34-20(31)17-10-12(19(30)33-5)6-8-15(17)14-9-7-13(11-16(14)18(28)29)27(4)21(32)23(24,25)26/h6-11H,1-5H3,(H,28,29). The van der Waals surface area contributed by atoms with E-state index in [4.69, 9.17) is 4.74 Å². The van der Waals surface area contributed by atoms with Crippen LogP contribution in [-0.4, -0.2) is 54.9 Å². The van der Waals surface area contributed by atoms with Gasteiger partial charge in [0.05, 0.1) is 23.8 Å². The van der Waals surface area contributed by atoms with Crippen molar-refractivity contribution in [2.45, 2.75) is 32.5 Å². The number of ether oxygens (including phenoxy) is 2. The molecule has 0 aliphatic carbocycles. The lowest BCUT2D eigenvalue weighted by atomic mass is 9.93. The fraction of sp³-hybridized carbons (Fsp3) is 0.304. The number of aromatic carboxylic acids is 1. The van der Waals surface area contributed by atoms with E-state index in [1.165, 1.54) is 24.3 Å². The van der Waals surface area contributed by atoms with Crippen LogP contribution >= 0.6 is 0 Å². The van der Waals surface area contributed by atoms with Crippen LogP contribution in [0.2, 0.25) is 0 Å². The summed E-state index contributed by atoms with van der Waals surface area (Å²) in [5.41, 5.74) is -1.88. The molecule has 0 radical (unpaired) electrons. The molecule has 0 unspecified atom stereocenters. The van der Waals surface area contributed by atoms with E-state index in [1.54, 1.807) is 20.8 Å². The van der Waals surface area contributed by atoms with Crippen molar-refractivity contribution in [2.75, 3.05) is 19.1 Å². The first-order chi connectivity index (χ1) is 15.6. The minimum Gasteiger partial charge on any atom is -0.478 e. The molecule has 0 fully saturated rings. The van der Waals surface area contributed by atoms with Crippen LogP contribution in [0.25, 0.3) is 11.1 Å². The summed E-state index contributed by atoms with van der Waals surface area (Å²) in [4.78, 5) is 48.6. The van der Waals surface area contributed by atoms with Gasteiger partial charge in [0, 0.05) is 12.7 Å². The smallest absolute Gasteiger partial charge is 0.471 e. The number of hydrogen-bond acceptors (Lipinski definition) is 6. The van der Waals surface area contributed by atoms with Crippen LogP contribution in [0.5, 0.6) is 0 Å². The van der Waals surface area contributed by atoms with Gasteiger partial charge in [-0.1, -0.05) is 12.1 Å². The molecule has 0 aliphatic heterocycles. The number of anilines is 1. The maximum atomic E-state index is 12.9. The Morgan fingerprint density at radius 3 is 1.94 bits per heavy atom. The molecule has 11 heteroatoms. The van der Waals surface area contributed by atoms with Gasteiger partial charge in [-0.05, 0) is 56.2 Å². The monoisotopic (exact) mass is 481 g/mol. The van der Waals surface area contributed by atoms with Crippen molar-refractivity contribution in [3.05, 3.63) is 53.1 Å². The summed E-state index contributed by atoms with van der Waals surface area (Å²) in [6.45, 7) is 4.83. The minimum absolute atomic E-state index is 0.00360. The van der Waals surface area contributed by atoms with E-state index in [9.17, 15) is 37.5 Å². The van der Waals surface area contributed by atoms with Gasteiger partial charge in [-0.25, -0.2) is 14.4 Å². The van der Waals surface area contributed by atoms with Crippen LogP contribution in [-0.2, 0) is 14.3 Å². The van der Waals surface area contributed by atoms with E-state index in [-0.39, 0.29) is 32.8 Å². The molecule has 2 aromatic rings. The quantitative estimate of drug-likeness (QED) is 0.634. The van der Waals surface area contributed by atoms with Gasteiger partial charge in [-0.3, -0.25) is 4.79 Å². The Labute approximate surface area is 192 Å². The number of carbonyl (C=O) groups excluding carboxylic acids is 3. The van der Waals surface area contributed by atoms with Crippen molar-refractivity contribution < 1.29 is 46.9 Å². The van der Waals surface area contributed by atoms with Gasteiger partial charge in [0.1, 0.15) is 5.60 Å². The predicted octanol–water partition coefficient (Wildman–Crippen LogP) is 4.32. The molecular formula is C23H22F3NO7. The Bertz CT molecular complexity index is 1150. The third-order valence-electron chi connectivity index (χ3n) is 4.52. The van der Waals surface area contributed by atoms with Gasteiger partial charge in [-0.2, -0.15) is 13.2 Å². The number of benzene rings is 2. The first-order valence-electron chi connectivity index (χ1n) is 9.75. The molecule has 0 atom stereocenters.